The molecule has 2 heterocycles. The Morgan fingerprint density at radius 2 is 1.82 bits per heavy atom. The normalized spacial score (nSPS) is 11.2. The van der Waals surface area contributed by atoms with Crippen molar-refractivity contribution >= 4 is 29.9 Å². The second-order valence-electron chi connectivity index (χ2n) is 6.36. The van der Waals surface area contributed by atoms with Gasteiger partial charge in [-0.25, -0.2) is 9.97 Å². The van der Waals surface area contributed by atoms with E-state index in [0.717, 1.165) is 29.1 Å². The quantitative estimate of drug-likeness (QED) is 0.308. The zero-order valence-electron chi connectivity index (χ0n) is 16.6. The summed E-state index contributed by atoms with van der Waals surface area (Å²) in [6, 6.07) is 8.13. The number of nitrogens with zero attached hydrogens (tertiary/aromatic N) is 3. The molecule has 2 aromatic heterocycles. The monoisotopic (exact) mass is 495 g/mol. The number of aryl methyl sites for hydroxylation is 3. The molecule has 0 saturated carbocycles. The van der Waals surface area contributed by atoms with Crippen molar-refractivity contribution < 1.29 is 8.83 Å². The van der Waals surface area contributed by atoms with Gasteiger partial charge in [-0.3, -0.25) is 4.99 Å². The second-order valence-corrected chi connectivity index (χ2v) is 6.36. The van der Waals surface area contributed by atoms with Gasteiger partial charge >= 0.3 is 0 Å². The van der Waals surface area contributed by atoms with Crippen molar-refractivity contribution in [3.8, 4) is 11.5 Å². The minimum absolute atomic E-state index is 0. The van der Waals surface area contributed by atoms with Crippen LogP contribution in [0.25, 0.3) is 11.5 Å². The molecule has 0 radical (unpaired) electrons. The Bertz CT molecular complexity index is 896. The van der Waals surface area contributed by atoms with Gasteiger partial charge in [0.15, 0.2) is 5.96 Å². The van der Waals surface area contributed by atoms with Crippen molar-refractivity contribution in [3.63, 3.8) is 0 Å². The summed E-state index contributed by atoms with van der Waals surface area (Å²) in [4.78, 5) is 13.1. The predicted octanol–water partition coefficient (Wildman–Crippen LogP) is 3.78. The molecule has 8 heteroatoms. The zero-order chi connectivity index (χ0) is 19.2. The summed E-state index contributed by atoms with van der Waals surface area (Å²) in [6.45, 7) is 7.06. The third kappa shape index (κ3) is 5.82. The SMILES string of the molecule is CN=C(NCCc1coc(-c2ccc(C)cc2)n1)NCc1nc(C)c(C)o1.I. The van der Waals surface area contributed by atoms with Crippen LogP contribution in [0.4, 0.5) is 0 Å². The minimum atomic E-state index is 0. The molecular formula is C20H26IN5O2. The van der Waals surface area contributed by atoms with E-state index in [1.807, 2.05) is 38.1 Å². The third-order valence-corrected chi connectivity index (χ3v) is 4.23. The Kier molecular flexibility index (Phi) is 8.04. The molecule has 0 unspecified atom stereocenters. The fraction of sp³-hybridized carbons (Fsp3) is 0.350. The number of benzene rings is 1. The Morgan fingerprint density at radius 1 is 1.07 bits per heavy atom. The number of aliphatic imine (C=N–C) groups is 1. The van der Waals surface area contributed by atoms with E-state index in [0.29, 0.717) is 30.8 Å². The van der Waals surface area contributed by atoms with Gasteiger partial charge in [-0.15, -0.1) is 24.0 Å². The van der Waals surface area contributed by atoms with E-state index in [4.69, 9.17) is 8.83 Å². The maximum atomic E-state index is 5.59. The molecule has 3 rings (SSSR count). The highest BCUT2D eigenvalue weighted by molar-refractivity contribution is 14.0. The number of hydrogen-bond donors (Lipinski definition) is 2. The lowest BCUT2D eigenvalue weighted by Crippen LogP contribution is -2.37. The molecule has 150 valence electrons. The van der Waals surface area contributed by atoms with Crippen LogP contribution in [0.15, 0.2) is 44.4 Å². The first-order valence-electron chi connectivity index (χ1n) is 8.94. The molecule has 28 heavy (non-hydrogen) atoms. The number of hydrogen-bond acceptors (Lipinski definition) is 5. The summed E-state index contributed by atoms with van der Waals surface area (Å²) in [5.74, 6) is 2.81. The molecule has 0 aliphatic rings. The van der Waals surface area contributed by atoms with Gasteiger partial charge in [0.25, 0.3) is 0 Å². The van der Waals surface area contributed by atoms with Crippen molar-refractivity contribution in [2.45, 2.75) is 33.7 Å². The first kappa shape index (κ1) is 21.9. The predicted molar refractivity (Wildman–Crippen MR) is 120 cm³/mol. The summed E-state index contributed by atoms with van der Waals surface area (Å²) in [5, 5.41) is 6.44. The first-order chi connectivity index (χ1) is 13.0. The van der Waals surface area contributed by atoms with E-state index in [2.05, 4.69) is 32.5 Å². The van der Waals surface area contributed by atoms with Crippen LogP contribution in [0.2, 0.25) is 0 Å². The molecular weight excluding hydrogens is 469 g/mol. The van der Waals surface area contributed by atoms with Crippen molar-refractivity contribution in [3.05, 3.63) is 59.1 Å². The molecule has 0 spiro atoms. The van der Waals surface area contributed by atoms with Crippen LogP contribution in [0.3, 0.4) is 0 Å². The topological polar surface area (TPSA) is 88.5 Å². The number of halogens is 1. The summed E-state index contributed by atoms with van der Waals surface area (Å²) in [6.07, 6.45) is 2.43. The average Bonchev–Trinajstić information content (AvgIpc) is 3.25. The van der Waals surface area contributed by atoms with Crippen LogP contribution >= 0.6 is 24.0 Å². The highest BCUT2D eigenvalue weighted by atomic mass is 127. The molecule has 0 saturated heterocycles. The van der Waals surface area contributed by atoms with Crippen molar-refractivity contribution in [1.29, 1.82) is 0 Å². The number of guanidine groups is 1. The molecule has 1 aromatic carbocycles. The standard InChI is InChI=1S/C20H25N5O2.HI/c1-13-5-7-16(8-6-13)19-25-17(12-26-19)9-10-22-20(21-4)23-11-18-24-14(2)15(3)27-18;/h5-8,12H,9-11H2,1-4H3,(H2,21,22,23);1H. The summed E-state index contributed by atoms with van der Waals surface area (Å²) in [7, 11) is 1.73. The first-order valence-corrected chi connectivity index (χ1v) is 8.94. The Morgan fingerprint density at radius 3 is 2.46 bits per heavy atom. The van der Waals surface area contributed by atoms with Crippen molar-refractivity contribution in [1.82, 2.24) is 20.6 Å². The lowest BCUT2D eigenvalue weighted by atomic mass is 10.1. The van der Waals surface area contributed by atoms with Gasteiger partial charge in [0, 0.05) is 25.6 Å². The molecule has 0 aliphatic heterocycles. The fourth-order valence-corrected chi connectivity index (χ4v) is 2.55. The Labute approximate surface area is 182 Å². The Hall–Kier alpha value is -2.36. The van der Waals surface area contributed by atoms with Gasteiger partial charge in [-0.05, 0) is 32.9 Å². The average molecular weight is 495 g/mol. The molecule has 0 aliphatic carbocycles. The molecule has 3 aromatic rings. The van der Waals surface area contributed by atoms with Gasteiger partial charge in [-0.1, -0.05) is 17.7 Å². The number of nitrogens with one attached hydrogen (secondary N) is 2. The van der Waals surface area contributed by atoms with Crippen molar-refractivity contribution in [2.24, 2.45) is 4.99 Å². The lowest BCUT2D eigenvalue weighted by molar-refractivity contribution is 0.463. The van der Waals surface area contributed by atoms with Crippen LogP contribution in [-0.4, -0.2) is 29.5 Å². The van der Waals surface area contributed by atoms with E-state index in [9.17, 15) is 0 Å². The van der Waals surface area contributed by atoms with Gasteiger partial charge < -0.3 is 19.5 Å². The molecule has 2 N–H and O–H groups in total. The Balaban J connectivity index is 0.00000280. The van der Waals surface area contributed by atoms with Gasteiger partial charge in [0.2, 0.25) is 11.8 Å². The van der Waals surface area contributed by atoms with E-state index < -0.39 is 0 Å². The van der Waals surface area contributed by atoms with Gasteiger partial charge in [0.1, 0.15) is 12.0 Å². The highest BCUT2D eigenvalue weighted by Gasteiger charge is 2.08. The van der Waals surface area contributed by atoms with Crippen LogP contribution in [0.5, 0.6) is 0 Å². The van der Waals surface area contributed by atoms with Gasteiger partial charge in [0.05, 0.1) is 17.9 Å². The van der Waals surface area contributed by atoms with Gasteiger partial charge in [-0.2, -0.15) is 0 Å². The second kappa shape index (κ2) is 10.3. The maximum Gasteiger partial charge on any atom is 0.226 e. The molecule has 0 amide bonds. The van der Waals surface area contributed by atoms with Crippen LogP contribution < -0.4 is 10.6 Å². The molecule has 7 nitrogen and oxygen atoms in total. The smallest absolute Gasteiger partial charge is 0.226 e. The summed E-state index contributed by atoms with van der Waals surface area (Å²) >= 11 is 0. The van der Waals surface area contributed by atoms with E-state index in [-0.39, 0.29) is 24.0 Å². The highest BCUT2D eigenvalue weighted by Crippen LogP contribution is 2.19. The number of oxazole rings is 2. The van der Waals surface area contributed by atoms with E-state index in [1.54, 1.807) is 13.3 Å². The molecule has 0 fully saturated rings. The number of aromatic nitrogens is 2. The maximum absolute atomic E-state index is 5.59. The summed E-state index contributed by atoms with van der Waals surface area (Å²) < 4.78 is 11.1. The van der Waals surface area contributed by atoms with E-state index >= 15 is 0 Å². The summed E-state index contributed by atoms with van der Waals surface area (Å²) in [5.41, 5.74) is 4.00. The zero-order valence-corrected chi connectivity index (χ0v) is 18.9. The van der Waals surface area contributed by atoms with Crippen LogP contribution in [0, 0.1) is 20.8 Å². The molecule has 0 atom stereocenters. The van der Waals surface area contributed by atoms with Crippen molar-refractivity contribution in [2.75, 3.05) is 13.6 Å². The van der Waals surface area contributed by atoms with E-state index in [1.165, 1.54) is 5.56 Å². The van der Waals surface area contributed by atoms with Crippen LogP contribution in [-0.2, 0) is 13.0 Å². The third-order valence-electron chi connectivity index (χ3n) is 4.23. The molecule has 0 bridgehead atoms. The lowest BCUT2D eigenvalue weighted by Gasteiger charge is -2.09. The fourth-order valence-electron chi connectivity index (χ4n) is 2.55. The van der Waals surface area contributed by atoms with Crippen LogP contribution in [0.1, 0.15) is 28.6 Å². The largest absolute Gasteiger partial charge is 0.444 e. The minimum Gasteiger partial charge on any atom is -0.444 e. The number of rotatable bonds is 6.